The van der Waals surface area contributed by atoms with Gasteiger partial charge in [0.2, 0.25) is 0 Å². The van der Waals surface area contributed by atoms with Crippen molar-refractivity contribution in [1.29, 1.82) is 0 Å². The molecule has 0 bridgehead atoms. The van der Waals surface area contributed by atoms with Gasteiger partial charge >= 0.3 is 0 Å². The average molecular weight is 247 g/mol. The molecular formula is C13H17N3O2. The predicted molar refractivity (Wildman–Crippen MR) is 70.4 cm³/mol. The van der Waals surface area contributed by atoms with Crippen LogP contribution < -0.4 is 15.8 Å². The van der Waals surface area contributed by atoms with Gasteiger partial charge in [-0.15, -0.1) is 0 Å². The second-order valence-corrected chi connectivity index (χ2v) is 4.23. The topological polar surface area (TPSA) is 73.3 Å². The molecule has 0 saturated heterocycles. The largest absolute Gasteiger partial charge is 0.489 e. The number of benzene rings is 1. The van der Waals surface area contributed by atoms with Crippen molar-refractivity contribution >= 4 is 11.4 Å². The molecule has 1 aromatic carbocycles. The number of para-hydroxylation sites is 1. The summed E-state index contributed by atoms with van der Waals surface area (Å²) < 4.78 is 10.4. The van der Waals surface area contributed by atoms with Crippen molar-refractivity contribution in [2.45, 2.75) is 26.5 Å². The minimum Gasteiger partial charge on any atom is -0.489 e. The summed E-state index contributed by atoms with van der Waals surface area (Å²) in [6.45, 7) is 4.50. The van der Waals surface area contributed by atoms with Crippen LogP contribution in [0.5, 0.6) is 5.75 Å². The van der Waals surface area contributed by atoms with Gasteiger partial charge in [0, 0.05) is 6.07 Å². The van der Waals surface area contributed by atoms with Gasteiger partial charge in [-0.25, -0.2) is 0 Å². The van der Waals surface area contributed by atoms with Gasteiger partial charge in [0.1, 0.15) is 17.7 Å². The summed E-state index contributed by atoms with van der Waals surface area (Å²) in [6.07, 6.45) is 1.64. The lowest BCUT2D eigenvalue weighted by molar-refractivity contribution is 0.244. The molecule has 0 amide bonds. The lowest BCUT2D eigenvalue weighted by Gasteiger charge is -2.15. The summed E-state index contributed by atoms with van der Waals surface area (Å²) in [4.78, 5) is 0. The first-order valence-corrected chi connectivity index (χ1v) is 5.85. The van der Waals surface area contributed by atoms with Crippen LogP contribution in [0.15, 0.2) is 35.1 Å². The second-order valence-electron chi connectivity index (χ2n) is 4.23. The van der Waals surface area contributed by atoms with Crippen LogP contribution in [0.4, 0.5) is 11.4 Å². The van der Waals surface area contributed by atoms with E-state index >= 15 is 0 Å². The van der Waals surface area contributed by atoms with Gasteiger partial charge < -0.3 is 20.3 Å². The maximum Gasteiger partial charge on any atom is 0.144 e. The molecule has 5 heteroatoms. The minimum atomic E-state index is 0.0955. The zero-order valence-electron chi connectivity index (χ0n) is 10.5. The molecule has 18 heavy (non-hydrogen) atoms. The quantitative estimate of drug-likeness (QED) is 0.794. The number of anilines is 2. The molecule has 0 aliphatic heterocycles. The Morgan fingerprint density at radius 3 is 2.89 bits per heavy atom. The van der Waals surface area contributed by atoms with Gasteiger partial charge in [-0.05, 0) is 26.0 Å². The molecule has 0 radical (unpaired) electrons. The first-order chi connectivity index (χ1) is 8.66. The van der Waals surface area contributed by atoms with Crippen LogP contribution in [0.25, 0.3) is 0 Å². The van der Waals surface area contributed by atoms with Crippen molar-refractivity contribution < 1.29 is 9.26 Å². The highest BCUT2D eigenvalue weighted by Crippen LogP contribution is 2.30. The number of nitrogens with zero attached hydrogens (tertiary/aromatic N) is 1. The SMILES string of the molecule is CC(C)Oc1cccc(NCc2ccon2)c1N. The van der Waals surface area contributed by atoms with Gasteiger partial charge in [-0.1, -0.05) is 11.2 Å². The van der Waals surface area contributed by atoms with Gasteiger partial charge in [-0.3, -0.25) is 0 Å². The number of hydrogen-bond acceptors (Lipinski definition) is 5. The highest BCUT2D eigenvalue weighted by molar-refractivity contribution is 5.72. The van der Waals surface area contributed by atoms with Crippen LogP contribution in [0.2, 0.25) is 0 Å². The van der Waals surface area contributed by atoms with Crippen molar-refractivity contribution in [3.05, 3.63) is 36.2 Å². The van der Waals surface area contributed by atoms with Crippen molar-refractivity contribution in [1.82, 2.24) is 5.16 Å². The maximum absolute atomic E-state index is 6.04. The summed E-state index contributed by atoms with van der Waals surface area (Å²) in [7, 11) is 0. The lowest BCUT2D eigenvalue weighted by Crippen LogP contribution is -2.09. The van der Waals surface area contributed by atoms with Gasteiger partial charge in [0.05, 0.1) is 24.0 Å². The van der Waals surface area contributed by atoms with Crippen molar-refractivity contribution in [2.75, 3.05) is 11.1 Å². The molecule has 2 aromatic rings. The lowest BCUT2D eigenvalue weighted by atomic mass is 10.2. The average Bonchev–Trinajstić information content (AvgIpc) is 2.83. The fraction of sp³-hybridized carbons (Fsp3) is 0.308. The zero-order chi connectivity index (χ0) is 13.0. The highest BCUT2D eigenvalue weighted by atomic mass is 16.5. The number of aromatic nitrogens is 1. The Kier molecular flexibility index (Phi) is 3.72. The molecule has 0 saturated carbocycles. The number of nitrogens with one attached hydrogen (secondary N) is 1. The molecule has 0 fully saturated rings. The highest BCUT2D eigenvalue weighted by Gasteiger charge is 2.07. The molecule has 2 rings (SSSR count). The van der Waals surface area contributed by atoms with Crippen molar-refractivity contribution in [3.8, 4) is 5.75 Å². The molecule has 0 aliphatic carbocycles. The fourth-order valence-electron chi connectivity index (χ4n) is 1.57. The summed E-state index contributed by atoms with van der Waals surface area (Å²) in [5.74, 6) is 0.690. The smallest absolute Gasteiger partial charge is 0.144 e. The van der Waals surface area contributed by atoms with E-state index in [4.69, 9.17) is 15.0 Å². The standard InChI is InChI=1S/C13H17N3O2/c1-9(2)18-12-5-3-4-11(13(12)14)15-8-10-6-7-17-16-10/h3-7,9,15H,8,14H2,1-2H3. The van der Waals surface area contributed by atoms with E-state index in [1.165, 1.54) is 0 Å². The Morgan fingerprint density at radius 2 is 2.22 bits per heavy atom. The molecule has 1 aromatic heterocycles. The second kappa shape index (κ2) is 5.44. The molecule has 96 valence electrons. The van der Waals surface area contributed by atoms with Gasteiger partial charge in [0.15, 0.2) is 0 Å². The van der Waals surface area contributed by atoms with Crippen LogP contribution in [0, 0.1) is 0 Å². The first-order valence-electron chi connectivity index (χ1n) is 5.85. The normalized spacial score (nSPS) is 10.6. The van der Waals surface area contributed by atoms with Crippen LogP contribution in [0.1, 0.15) is 19.5 Å². The third-order valence-electron chi connectivity index (χ3n) is 2.38. The molecule has 0 atom stereocenters. The van der Waals surface area contributed by atoms with Crippen molar-refractivity contribution in [2.24, 2.45) is 0 Å². The molecule has 0 spiro atoms. The van der Waals surface area contributed by atoms with Crippen LogP contribution in [-0.2, 0) is 6.54 Å². The summed E-state index contributed by atoms with van der Waals surface area (Å²) in [5.41, 5.74) is 8.30. The minimum absolute atomic E-state index is 0.0955. The summed E-state index contributed by atoms with van der Waals surface area (Å²) in [6, 6.07) is 7.47. The Bertz CT molecular complexity index is 495. The van der Waals surface area contributed by atoms with E-state index in [9.17, 15) is 0 Å². The Morgan fingerprint density at radius 1 is 1.39 bits per heavy atom. The van der Waals surface area contributed by atoms with Crippen LogP contribution in [0.3, 0.4) is 0 Å². The Balaban J connectivity index is 2.08. The molecule has 1 heterocycles. The number of ether oxygens (including phenoxy) is 1. The molecule has 0 aliphatic rings. The van der Waals surface area contributed by atoms with E-state index in [1.54, 1.807) is 12.3 Å². The predicted octanol–water partition coefficient (Wildman–Crippen LogP) is 2.66. The third-order valence-corrected chi connectivity index (χ3v) is 2.38. The number of rotatable bonds is 5. The number of hydrogen-bond donors (Lipinski definition) is 2. The van der Waals surface area contributed by atoms with Crippen LogP contribution in [-0.4, -0.2) is 11.3 Å². The van der Waals surface area contributed by atoms with Crippen LogP contribution >= 0.6 is 0 Å². The Labute approximate surface area is 106 Å². The third kappa shape index (κ3) is 2.94. The summed E-state index contributed by atoms with van der Waals surface area (Å²) in [5, 5.41) is 7.02. The van der Waals surface area contributed by atoms with E-state index in [1.807, 2.05) is 32.0 Å². The summed E-state index contributed by atoms with van der Waals surface area (Å²) >= 11 is 0. The Hall–Kier alpha value is -2.17. The van der Waals surface area contributed by atoms with Crippen molar-refractivity contribution in [3.63, 3.8) is 0 Å². The number of nitrogen functional groups attached to an aromatic ring is 1. The molecule has 3 N–H and O–H groups in total. The molecule has 5 nitrogen and oxygen atoms in total. The van der Waals surface area contributed by atoms with E-state index in [0.29, 0.717) is 18.0 Å². The fourth-order valence-corrected chi connectivity index (χ4v) is 1.57. The maximum atomic E-state index is 6.04. The van der Waals surface area contributed by atoms with Gasteiger partial charge in [-0.2, -0.15) is 0 Å². The first kappa shape index (κ1) is 12.3. The van der Waals surface area contributed by atoms with E-state index in [2.05, 4.69) is 10.5 Å². The van der Waals surface area contributed by atoms with E-state index in [0.717, 1.165) is 11.4 Å². The molecular weight excluding hydrogens is 230 g/mol. The van der Waals surface area contributed by atoms with Gasteiger partial charge in [0.25, 0.3) is 0 Å². The molecule has 0 unspecified atom stereocenters. The monoisotopic (exact) mass is 247 g/mol. The van der Waals surface area contributed by atoms with E-state index in [-0.39, 0.29) is 6.10 Å². The number of nitrogens with two attached hydrogens (primary N) is 1. The zero-order valence-corrected chi connectivity index (χ0v) is 10.5. The van der Waals surface area contributed by atoms with E-state index < -0.39 is 0 Å².